The highest BCUT2D eigenvalue weighted by molar-refractivity contribution is 5.96. The summed E-state index contributed by atoms with van der Waals surface area (Å²) in [6.45, 7) is 4.10. The van der Waals surface area contributed by atoms with Crippen LogP contribution >= 0.6 is 0 Å². The fourth-order valence-electron chi connectivity index (χ4n) is 2.02. The van der Waals surface area contributed by atoms with Gasteiger partial charge in [-0.1, -0.05) is 13.8 Å². The van der Waals surface area contributed by atoms with E-state index >= 15 is 0 Å². The molecule has 0 saturated heterocycles. The zero-order chi connectivity index (χ0) is 11.7. The number of aromatic nitrogens is 2. The molecule has 0 unspecified atom stereocenters. The molecule has 88 valence electrons. The van der Waals surface area contributed by atoms with E-state index in [0.717, 1.165) is 42.6 Å². The number of hydrogen-bond donors (Lipinski definition) is 1. The molecule has 4 heteroatoms. The summed E-state index contributed by atoms with van der Waals surface area (Å²) < 4.78 is 1.83. The molecule has 1 saturated carbocycles. The van der Waals surface area contributed by atoms with E-state index in [9.17, 15) is 4.79 Å². The molecule has 0 aromatic carbocycles. The summed E-state index contributed by atoms with van der Waals surface area (Å²) in [7, 11) is 1.91. The maximum Gasteiger partial charge on any atom is 0.255 e. The molecule has 16 heavy (non-hydrogen) atoms. The van der Waals surface area contributed by atoms with E-state index in [1.54, 1.807) is 0 Å². The third kappa shape index (κ3) is 1.96. The van der Waals surface area contributed by atoms with Crippen molar-refractivity contribution in [3.05, 3.63) is 17.0 Å². The molecule has 0 radical (unpaired) electrons. The van der Waals surface area contributed by atoms with Crippen molar-refractivity contribution in [1.29, 1.82) is 0 Å². The SMILES string of the molecule is CCc1nn(C)c(CC)c1C(=O)NC1CC1. The lowest BCUT2D eigenvalue weighted by atomic mass is 10.1. The molecule has 1 aromatic heterocycles. The number of carbonyl (C=O) groups is 1. The lowest BCUT2D eigenvalue weighted by molar-refractivity contribution is 0.0949. The molecule has 1 aromatic rings. The highest BCUT2D eigenvalue weighted by atomic mass is 16.1. The molecule has 1 aliphatic carbocycles. The number of rotatable bonds is 4. The van der Waals surface area contributed by atoms with Gasteiger partial charge in [-0.2, -0.15) is 5.10 Å². The van der Waals surface area contributed by atoms with Crippen molar-refractivity contribution in [3.8, 4) is 0 Å². The van der Waals surface area contributed by atoms with E-state index < -0.39 is 0 Å². The normalized spacial score (nSPS) is 15.2. The Kier molecular flexibility index (Phi) is 2.99. The van der Waals surface area contributed by atoms with Crippen molar-refractivity contribution >= 4 is 5.91 Å². The van der Waals surface area contributed by atoms with Gasteiger partial charge >= 0.3 is 0 Å². The molecule has 1 amide bonds. The smallest absolute Gasteiger partial charge is 0.255 e. The first-order valence-electron chi connectivity index (χ1n) is 6.03. The quantitative estimate of drug-likeness (QED) is 0.836. The second kappa shape index (κ2) is 4.28. The average Bonchev–Trinajstić information content (AvgIpc) is 3.00. The number of hydrogen-bond acceptors (Lipinski definition) is 2. The second-order valence-electron chi connectivity index (χ2n) is 4.35. The van der Waals surface area contributed by atoms with Gasteiger partial charge in [0.05, 0.1) is 17.0 Å². The lowest BCUT2D eigenvalue weighted by Gasteiger charge is -2.05. The fraction of sp³-hybridized carbons (Fsp3) is 0.667. The third-order valence-electron chi connectivity index (χ3n) is 3.05. The molecule has 1 fully saturated rings. The zero-order valence-electron chi connectivity index (χ0n) is 10.2. The van der Waals surface area contributed by atoms with Gasteiger partial charge in [0.15, 0.2) is 0 Å². The van der Waals surface area contributed by atoms with E-state index in [4.69, 9.17) is 0 Å². The van der Waals surface area contributed by atoms with Crippen molar-refractivity contribution in [3.63, 3.8) is 0 Å². The van der Waals surface area contributed by atoms with Crippen LogP contribution in [0.1, 0.15) is 48.4 Å². The molecular weight excluding hydrogens is 202 g/mol. The van der Waals surface area contributed by atoms with Crippen LogP contribution in [0.25, 0.3) is 0 Å². The molecule has 2 rings (SSSR count). The van der Waals surface area contributed by atoms with Crippen molar-refractivity contribution in [2.75, 3.05) is 0 Å². The Morgan fingerprint density at radius 2 is 2.12 bits per heavy atom. The van der Waals surface area contributed by atoms with Gasteiger partial charge in [-0.05, 0) is 25.7 Å². The van der Waals surface area contributed by atoms with Crippen LogP contribution in [-0.4, -0.2) is 21.7 Å². The summed E-state index contributed by atoms with van der Waals surface area (Å²) in [6.07, 6.45) is 3.89. The van der Waals surface area contributed by atoms with E-state index in [1.165, 1.54) is 0 Å². The lowest BCUT2D eigenvalue weighted by Crippen LogP contribution is -2.27. The minimum Gasteiger partial charge on any atom is -0.349 e. The summed E-state index contributed by atoms with van der Waals surface area (Å²) in [5, 5.41) is 7.45. The van der Waals surface area contributed by atoms with Crippen LogP contribution in [0.5, 0.6) is 0 Å². The highest BCUT2D eigenvalue weighted by Crippen LogP contribution is 2.21. The van der Waals surface area contributed by atoms with Crippen LogP contribution in [0.3, 0.4) is 0 Å². The predicted octanol–water partition coefficient (Wildman–Crippen LogP) is 1.44. The van der Waals surface area contributed by atoms with E-state index in [1.807, 2.05) is 18.7 Å². The maximum atomic E-state index is 12.1. The van der Waals surface area contributed by atoms with Crippen LogP contribution in [0.4, 0.5) is 0 Å². The molecule has 0 bridgehead atoms. The number of nitrogens with one attached hydrogen (secondary N) is 1. The zero-order valence-corrected chi connectivity index (χ0v) is 10.2. The molecule has 0 spiro atoms. The maximum absolute atomic E-state index is 12.1. The number of aryl methyl sites for hydroxylation is 2. The van der Waals surface area contributed by atoms with Crippen molar-refractivity contribution < 1.29 is 4.79 Å². The second-order valence-corrected chi connectivity index (χ2v) is 4.35. The average molecular weight is 221 g/mol. The van der Waals surface area contributed by atoms with Gasteiger partial charge in [-0.15, -0.1) is 0 Å². The first-order chi connectivity index (χ1) is 7.67. The summed E-state index contributed by atoms with van der Waals surface area (Å²) in [5.41, 5.74) is 2.76. The van der Waals surface area contributed by atoms with Crippen molar-refractivity contribution in [2.24, 2.45) is 7.05 Å². The van der Waals surface area contributed by atoms with Gasteiger partial charge in [0.2, 0.25) is 0 Å². The summed E-state index contributed by atoms with van der Waals surface area (Å²) in [4.78, 5) is 12.1. The summed E-state index contributed by atoms with van der Waals surface area (Å²) in [5.74, 6) is 0.0595. The van der Waals surface area contributed by atoms with Crippen LogP contribution in [0.15, 0.2) is 0 Å². The van der Waals surface area contributed by atoms with Gasteiger partial charge in [0.25, 0.3) is 5.91 Å². The van der Waals surface area contributed by atoms with Gasteiger partial charge in [-0.3, -0.25) is 9.48 Å². The minimum absolute atomic E-state index is 0.0595. The van der Waals surface area contributed by atoms with E-state index in [0.29, 0.717) is 6.04 Å². The monoisotopic (exact) mass is 221 g/mol. The molecule has 1 N–H and O–H groups in total. The van der Waals surface area contributed by atoms with Crippen LogP contribution in [0.2, 0.25) is 0 Å². The highest BCUT2D eigenvalue weighted by Gasteiger charge is 2.27. The summed E-state index contributed by atoms with van der Waals surface area (Å²) in [6, 6.07) is 0.405. The van der Waals surface area contributed by atoms with Gasteiger partial charge < -0.3 is 5.32 Å². The molecule has 1 heterocycles. The van der Waals surface area contributed by atoms with E-state index in [2.05, 4.69) is 17.3 Å². The standard InChI is InChI=1S/C12H19N3O/c1-4-9-11(10(5-2)15(3)14-9)12(16)13-8-6-7-8/h8H,4-7H2,1-3H3,(H,13,16). The first-order valence-corrected chi connectivity index (χ1v) is 6.03. The Balaban J connectivity index is 2.31. The summed E-state index contributed by atoms with van der Waals surface area (Å²) >= 11 is 0. The Labute approximate surface area is 96.0 Å². The van der Waals surface area contributed by atoms with Gasteiger partial charge in [0, 0.05) is 13.1 Å². The molecule has 0 aliphatic heterocycles. The van der Waals surface area contributed by atoms with Crippen molar-refractivity contribution in [1.82, 2.24) is 15.1 Å². The molecule has 0 atom stereocenters. The third-order valence-corrected chi connectivity index (χ3v) is 3.05. The topological polar surface area (TPSA) is 46.9 Å². The molecule has 1 aliphatic rings. The number of nitrogens with zero attached hydrogens (tertiary/aromatic N) is 2. The molecule has 4 nitrogen and oxygen atoms in total. The Morgan fingerprint density at radius 3 is 2.62 bits per heavy atom. The molecular formula is C12H19N3O. The largest absolute Gasteiger partial charge is 0.349 e. The van der Waals surface area contributed by atoms with Gasteiger partial charge in [0.1, 0.15) is 0 Å². The number of amides is 1. The minimum atomic E-state index is 0.0595. The predicted molar refractivity (Wildman–Crippen MR) is 62.5 cm³/mol. The van der Waals surface area contributed by atoms with Crippen LogP contribution in [0, 0.1) is 0 Å². The first kappa shape index (κ1) is 11.2. The fourth-order valence-corrected chi connectivity index (χ4v) is 2.02. The Morgan fingerprint density at radius 1 is 1.44 bits per heavy atom. The van der Waals surface area contributed by atoms with E-state index in [-0.39, 0.29) is 5.91 Å². The Hall–Kier alpha value is -1.32. The van der Waals surface area contributed by atoms with Gasteiger partial charge in [-0.25, -0.2) is 0 Å². The van der Waals surface area contributed by atoms with Crippen LogP contribution < -0.4 is 5.32 Å². The number of carbonyl (C=O) groups excluding carboxylic acids is 1. The van der Waals surface area contributed by atoms with Crippen LogP contribution in [-0.2, 0) is 19.9 Å². The Bertz CT molecular complexity index is 405. The van der Waals surface area contributed by atoms with Crippen molar-refractivity contribution in [2.45, 2.75) is 45.6 Å².